The van der Waals surface area contributed by atoms with Crippen LogP contribution in [0.3, 0.4) is 0 Å². The van der Waals surface area contributed by atoms with E-state index in [9.17, 15) is 0 Å². The van der Waals surface area contributed by atoms with Crippen LogP contribution >= 0.6 is 22.6 Å². The first-order chi connectivity index (χ1) is 5.31. The number of alkyl halides is 1. The Morgan fingerprint density at radius 3 is 2.36 bits per heavy atom. The Morgan fingerprint density at radius 2 is 1.82 bits per heavy atom. The molecule has 0 nitrogen and oxygen atoms in total. The van der Waals surface area contributed by atoms with Gasteiger partial charge in [0.2, 0.25) is 0 Å². The van der Waals surface area contributed by atoms with Gasteiger partial charge in [0, 0.05) is 0 Å². The van der Waals surface area contributed by atoms with Gasteiger partial charge in [0.1, 0.15) is 0 Å². The molecule has 0 saturated carbocycles. The van der Waals surface area contributed by atoms with Crippen molar-refractivity contribution >= 4 is 22.6 Å². The molecular weight excluding hydrogens is 247 g/mol. The Bertz CT molecular complexity index is 97.0. The molecule has 0 radical (unpaired) electrons. The molecule has 0 unspecified atom stereocenters. The van der Waals surface area contributed by atoms with E-state index < -0.39 is 0 Å². The monoisotopic (exact) mass is 266 g/mol. The lowest BCUT2D eigenvalue weighted by molar-refractivity contribution is 0.720. The molecule has 0 aliphatic carbocycles. The van der Waals surface area contributed by atoms with Gasteiger partial charge in [-0.25, -0.2) is 0 Å². The lowest BCUT2D eigenvalue weighted by Crippen LogP contribution is -1.83. The molecule has 0 aliphatic rings. The maximum atomic E-state index is 4.06. The minimum absolute atomic E-state index is 1.25. The van der Waals surface area contributed by atoms with E-state index in [0.29, 0.717) is 0 Å². The van der Waals surface area contributed by atoms with E-state index in [1.807, 2.05) is 0 Å². The van der Waals surface area contributed by atoms with E-state index in [2.05, 4.69) is 36.1 Å². The minimum atomic E-state index is 1.25. The molecule has 66 valence electrons. The van der Waals surface area contributed by atoms with Gasteiger partial charge in [0.05, 0.1) is 0 Å². The van der Waals surface area contributed by atoms with E-state index in [4.69, 9.17) is 0 Å². The van der Waals surface area contributed by atoms with Crippen molar-refractivity contribution in [2.24, 2.45) is 0 Å². The van der Waals surface area contributed by atoms with Gasteiger partial charge in [0.25, 0.3) is 0 Å². The molecule has 11 heavy (non-hydrogen) atoms. The highest BCUT2D eigenvalue weighted by Gasteiger charge is 1.93. The highest BCUT2D eigenvalue weighted by atomic mass is 127. The van der Waals surface area contributed by atoms with E-state index in [1.54, 1.807) is 0 Å². The molecule has 0 atom stereocenters. The lowest BCUT2D eigenvalue weighted by atomic mass is 10.1. The largest absolute Gasteiger partial charge is 0.0999 e. The number of hydrogen-bond donors (Lipinski definition) is 0. The summed E-state index contributed by atoms with van der Waals surface area (Å²) < 4.78 is 1.29. The second kappa shape index (κ2) is 8.57. The van der Waals surface area contributed by atoms with Crippen molar-refractivity contribution in [2.45, 2.75) is 45.4 Å². The Balaban J connectivity index is 3.09. The van der Waals surface area contributed by atoms with Crippen LogP contribution in [0, 0.1) is 0 Å². The summed E-state index contributed by atoms with van der Waals surface area (Å²) >= 11 is 2.43. The Labute approximate surface area is 84.6 Å². The van der Waals surface area contributed by atoms with E-state index in [0.717, 1.165) is 0 Å². The molecule has 0 amide bonds. The first kappa shape index (κ1) is 11.5. The summed E-state index contributed by atoms with van der Waals surface area (Å²) in [6.45, 7) is 6.30. The number of unbranched alkanes of at least 4 members (excludes halogenated alkanes) is 2. The highest BCUT2D eigenvalue weighted by molar-refractivity contribution is 14.1. The van der Waals surface area contributed by atoms with Crippen molar-refractivity contribution in [3.8, 4) is 0 Å². The highest BCUT2D eigenvalue weighted by Crippen LogP contribution is 2.12. The molecule has 0 aromatic carbocycles. The van der Waals surface area contributed by atoms with E-state index >= 15 is 0 Å². The summed E-state index contributed by atoms with van der Waals surface area (Å²) in [5.41, 5.74) is 1.46. The third kappa shape index (κ3) is 8.38. The summed E-state index contributed by atoms with van der Waals surface area (Å²) in [5, 5.41) is 0. The summed E-state index contributed by atoms with van der Waals surface area (Å²) in [6.07, 6.45) is 7.81. The predicted molar refractivity (Wildman–Crippen MR) is 61.4 cm³/mol. The van der Waals surface area contributed by atoms with Crippen LogP contribution in [0.4, 0.5) is 0 Å². The van der Waals surface area contributed by atoms with Crippen LogP contribution in [-0.2, 0) is 0 Å². The second-order valence-corrected chi connectivity index (χ2v) is 4.08. The van der Waals surface area contributed by atoms with Crippen LogP contribution in [-0.4, -0.2) is 4.43 Å². The van der Waals surface area contributed by atoms with Crippen LogP contribution in [0.25, 0.3) is 0 Å². The van der Waals surface area contributed by atoms with Gasteiger partial charge in [-0.2, -0.15) is 0 Å². The first-order valence-corrected chi connectivity index (χ1v) is 6.06. The molecule has 0 bridgehead atoms. The average Bonchev–Trinajstić information content (AvgIpc) is 2.01. The fourth-order valence-electron chi connectivity index (χ4n) is 1.02. The number of halogens is 1. The van der Waals surface area contributed by atoms with Crippen molar-refractivity contribution in [1.82, 2.24) is 0 Å². The Hall–Kier alpha value is 0.470. The van der Waals surface area contributed by atoms with Crippen molar-refractivity contribution in [3.63, 3.8) is 0 Å². The molecule has 0 aromatic heterocycles. The molecule has 0 heterocycles. The van der Waals surface area contributed by atoms with Gasteiger partial charge < -0.3 is 0 Å². The van der Waals surface area contributed by atoms with Gasteiger partial charge >= 0.3 is 0 Å². The quantitative estimate of drug-likeness (QED) is 0.278. The summed E-state index contributed by atoms with van der Waals surface area (Å²) in [6, 6.07) is 0. The van der Waals surface area contributed by atoms with Crippen molar-refractivity contribution in [1.29, 1.82) is 0 Å². The van der Waals surface area contributed by atoms with Gasteiger partial charge in [0.15, 0.2) is 0 Å². The molecule has 0 aliphatic heterocycles. The van der Waals surface area contributed by atoms with Crippen LogP contribution < -0.4 is 0 Å². The summed E-state index contributed by atoms with van der Waals surface area (Å²) in [4.78, 5) is 0. The molecule has 0 N–H and O–H groups in total. The minimum Gasteiger partial charge on any atom is -0.0999 e. The number of allylic oxidation sites excluding steroid dienone is 1. The zero-order valence-corrected chi connectivity index (χ0v) is 9.69. The lowest BCUT2D eigenvalue weighted by Gasteiger charge is -2.02. The zero-order chi connectivity index (χ0) is 8.53. The predicted octanol–water partition coefficient (Wildman–Crippen LogP) is 4.34. The third-order valence-electron chi connectivity index (χ3n) is 1.80. The fraction of sp³-hybridized carbons (Fsp3) is 0.800. The van der Waals surface area contributed by atoms with Gasteiger partial charge in [-0.05, 0) is 36.5 Å². The average molecular weight is 266 g/mol. The van der Waals surface area contributed by atoms with E-state index in [-0.39, 0.29) is 0 Å². The Morgan fingerprint density at radius 1 is 1.18 bits per heavy atom. The second-order valence-electron chi connectivity index (χ2n) is 3.00. The van der Waals surface area contributed by atoms with Gasteiger partial charge in [-0.3, -0.25) is 0 Å². The normalized spacial score (nSPS) is 10.0. The van der Waals surface area contributed by atoms with Crippen molar-refractivity contribution in [3.05, 3.63) is 12.2 Å². The van der Waals surface area contributed by atoms with Crippen LogP contribution in [0.15, 0.2) is 12.2 Å². The smallest absolute Gasteiger partial charge is 0.000462 e. The maximum Gasteiger partial charge on any atom is -0.000462 e. The maximum absolute atomic E-state index is 4.06. The van der Waals surface area contributed by atoms with Crippen molar-refractivity contribution in [2.75, 3.05) is 4.43 Å². The summed E-state index contributed by atoms with van der Waals surface area (Å²) in [5.74, 6) is 0. The molecule has 0 fully saturated rings. The van der Waals surface area contributed by atoms with Crippen LogP contribution in [0.1, 0.15) is 45.4 Å². The van der Waals surface area contributed by atoms with Crippen LogP contribution in [0.2, 0.25) is 0 Å². The topological polar surface area (TPSA) is 0 Å². The fourth-order valence-corrected chi connectivity index (χ4v) is 1.56. The first-order valence-electron chi connectivity index (χ1n) is 4.54. The van der Waals surface area contributed by atoms with Gasteiger partial charge in [-0.15, -0.1) is 0 Å². The Kier molecular flexibility index (Phi) is 8.93. The SMILES string of the molecule is C=C(CCCC)CCCCI. The molecule has 0 saturated heterocycles. The van der Waals surface area contributed by atoms with E-state index in [1.165, 1.54) is 48.5 Å². The summed E-state index contributed by atoms with van der Waals surface area (Å²) in [7, 11) is 0. The van der Waals surface area contributed by atoms with Gasteiger partial charge in [-0.1, -0.05) is 48.1 Å². The number of hydrogen-bond acceptors (Lipinski definition) is 0. The molecule has 0 spiro atoms. The molecule has 0 rings (SSSR count). The van der Waals surface area contributed by atoms with Crippen molar-refractivity contribution < 1.29 is 0 Å². The zero-order valence-electron chi connectivity index (χ0n) is 7.53. The molecule has 0 aromatic rings. The third-order valence-corrected chi connectivity index (χ3v) is 2.56. The van der Waals surface area contributed by atoms with Crippen LogP contribution in [0.5, 0.6) is 0 Å². The standard InChI is InChI=1S/C10H19I/c1-3-4-7-10(2)8-5-6-9-11/h2-9H2,1H3. The molecule has 1 heteroatoms. The molecular formula is C10H19I. The number of rotatable bonds is 7.